The van der Waals surface area contributed by atoms with Crippen LogP contribution in [0.15, 0.2) is 12.1 Å². The van der Waals surface area contributed by atoms with Gasteiger partial charge in [-0.25, -0.2) is 4.98 Å². The lowest BCUT2D eigenvalue weighted by atomic mass is 10.2. The summed E-state index contributed by atoms with van der Waals surface area (Å²) < 4.78 is 37.2. The molecule has 6 nitrogen and oxygen atoms in total. The van der Waals surface area contributed by atoms with Crippen LogP contribution in [0.4, 0.5) is 18.9 Å². The molecule has 9 heteroatoms. The summed E-state index contributed by atoms with van der Waals surface area (Å²) >= 11 is 0. The first-order valence-corrected chi connectivity index (χ1v) is 4.15. The van der Waals surface area contributed by atoms with Crippen molar-refractivity contribution in [2.75, 3.05) is 0 Å². The van der Waals surface area contributed by atoms with E-state index in [-0.39, 0.29) is 0 Å². The molecule has 0 aromatic carbocycles. The zero-order valence-corrected chi connectivity index (χ0v) is 8.06. The first-order valence-electron chi connectivity index (χ1n) is 4.15. The second kappa shape index (κ2) is 4.36. The number of alkyl halides is 3. The van der Waals surface area contributed by atoms with Gasteiger partial charge in [0.1, 0.15) is 0 Å². The fourth-order valence-electron chi connectivity index (χ4n) is 1.10. The van der Waals surface area contributed by atoms with Crippen molar-refractivity contribution in [2.45, 2.75) is 12.6 Å². The van der Waals surface area contributed by atoms with E-state index in [0.29, 0.717) is 6.07 Å². The van der Waals surface area contributed by atoms with Crippen molar-refractivity contribution in [1.29, 1.82) is 0 Å². The Balaban J connectivity index is 3.29. The molecule has 0 atom stereocenters. The molecule has 17 heavy (non-hydrogen) atoms. The highest BCUT2D eigenvalue weighted by Crippen LogP contribution is 2.34. The maximum absolute atomic E-state index is 12.4. The molecule has 92 valence electrons. The molecule has 1 aromatic heterocycles. The number of hydrogen-bond acceptors (Lipinski definition) is 4. The van der Waals surface area contributed by atoms with Gasteiger partial charge in [0.2, 0.25) is 5.69 Å². The Kier molecular flexibility index (Phi) is 3.30. The molecule has 1 N–H and O–H groups in total. The van der Waals surface area contributed by atoms with Crippen molar-refractivity contribution >= 4 is 11.7 Å². The van der Waals surface area contributed by atoms with E-state index in [1.807, 2.05) is 0 Å². The van der Waals surface area contributed by atoms with Crippen LogP contribution in [0.5, 0.6) is 0 Å². The van der Waals surface area contributed by atoms with Crippen LogP contribution in [0, 0.1) is 10.1 Å². The average Bonchev–Trinajstić information content (AvgIpc) is 2.14. The summed E-state index contributed by atoms with van der Waals surface area (Å²) in [4.78, 5) is 22.4. The van der Waals surface area contributed by atoms with Gasteiger partial charge in [-0.05, 0) is 6.07 Å². The normalized spacial score (nSPS) is 11.2. The number of carboxylic acid groups (broad SMARTS) is 1. The largest absolute Gasteiger partial charge is 0.481 e. The van der Waals surface area contributed by atoms with Crippen LogP contribution in [0.25, 0.3) is 0 Å². The molecular formula is C8H5F3N2O4. The quantitative estimate of drug-likeness (QED) is 0.650. The van der Waals surface area contributed by atoms with Gasteiger partial charge in [0.05, 0.1) is 17.0 Å². The van der Waals surface area contributed by atoms with Crippen molar-refractivity contribution in [3.8, 4) is 0 Å². The van der Waals surface area contributed by atoms with Gasteiger partial charge < -0.3 is 5.11 Å². The van der Waals surface area contributed by atoms with E-state index in [1.165, 1.54) is 0 Å². The lowest BCUT2D eigenvalue weighted by molar-refractivity contribution is -0.388. The Morgan fingerprint density at radius 1 is 1.47 bits per heavy atom. The van der Waals surface area contributed by atoms with E-state index < -0.39 is 40.6 Å². The second-order valence-electron chi connectivity index (χ2n) is 3.00. The molecule has 0 aliphatic heterocycles. The van der Waals surface area contributed by atoms with Gasteiger partial charge in [-0.15, -0.1) is 0 Å². The number of aromatic nitrogens is 1. The first kappa shape index (κ1) is 12.9. The molecular weight excluding hydrogens is 245 g/mol. The van der Waals surface area contributed by atoms with Crippen molar-refractivity contribution in [3.63, 3.8) is 0 Å². The van der Waals surface area contributed by atoms with E-state index in [0.717, 1.165) is 6.07 Å². The lowest BCUT2D eigenvalue weighted by Crippen LogP contribution is -2.14. The highest BCUT2D eigenvalue weighted by molar-refractivity contribution is 5.69. The minimum Gasteiger partial charge on any atom is -0.481 e. The SMILES string of the molecule is O=C(O)Cc1ccc([N+](=O)[O-])c(C(F)(F)F)n1. The van der Waals surface area contributed by atoms with E-state index >= 15 is 0 Å². The van der Waals surface area contributed by atoms with Crippen molar-refractivity contribution in [1.82, 2.24) is 4.98 Å². The fraction of sp³-hybridized carbons (Fsp3) is 0.250. The predicted molar refractivity (Wildman–Crippen MR) is 47.2 cm³/mol. The smallest absolute Gasteiger partial charge is 0.440 e. The molecule has 1 aromatic rings. The summed E-state index contributed by atoms with van der Waals surface area (Å²) in [5.74, 6) is -1.38. The molecule has 0 bridgehead atoms. The Bertz CT molecular complexity index is 472. The van der Waals surface area contributed by atoms with Crippen molar-refractivity contribution in [3.05, 3.63) is 33.6 Å². The summed E-state index contributed by atoms with van der Waals surface area (Å²) in [5.41, 5.74) is -3.29. The molecule has 0 spiro atoms. The molecule has 0 saturated heterocycles. The molecule has 0 amide bonds. The zero-order chi connectivity index (χ0) is 13.2. The molecule has 0 saturated carbocycles. The van der Waals surface area contributed by atoms with E-state index in [9.17, 15) is 28.1 Å². The van der Waals surface area contributed by atoms with Gasteiger partial charge in [0, 0.05) is 6.07 Å². The zero-order valence-electron chi connectivity index (χ0n) is 8.06. The van der Waals surface area contributed by atoms with Crippen LogP contribution in [0.2, 0.25) is 0 Å². The molecule has 0 fully saturated rings. The maximum atomic E-state index is 12.4. The number of nitro groups is 1. The van der Waals surface area contributed by atoms with Gasteiger partial charge in [0.25, 0.3) is 5.69 Å². The predicted octanol–water partition coefficient (Wildman–Crippen LogP) is 1.64. The average molecular weight is 250 g/mol. The summed E-state index contributed by atoms with van der Waals surface area (Å²) in [6, 6.07) is 1.47. The van der Waals surface area contributed by atoms with Crippen LogP contribution in [-0.2, 0) is 17.4 Å². The van der Waals surface area contributed by atoms with E-state index in [4.69, 9.17) is 5.11 Å². The summed E-state index contributed by atoms with van der Waals surface area (Å²) in [6.45, 7) is 0. The summed E-state index contributed by atoms with van der Waals surface area (Å²) in [6.07, 6.45) is -5.74. The number of carboxylic acids is 1. The molecule has 0 aliphatic rings. The van der Waals surface area contributed by atoms with Gasteiger partial charge in [-0.1, -0.05) is 0 Å². The van der Waals surface area contributed by atoms with Gasteiger partial charge in [0.15, 0.2) is 0 Å². The minimum atomic E-state index is -5.00. The van der Waals surface area contributed by atoms with Crippen LogP contribution in [0.3, 0.4) is 0 Å². The number of hydrogen-bond donors (Lipinski definition) is 1. The highest BCUT2D eigenvalue weighted by atomic mass is 19.4. The van der Waals surface area contributed by atoms with Crippen molar-refractivity contribution in [2.24, 2.45) is 0 Å². The van der Waals surface area contributed by atoms with Crippen molar-refractivity contribution < 1.29 is 28.0 Å². The monoisotopic (exact) mass is 250 g/mol. The van der Waals surface area contributed by atoms with E-state index in [1.54, 1.807) is 0 Å². The number of aliphatic carboxylic acids is 1. The Morgan fingerprint density at radius 3 is 2.47 bits per heavy atom. The second-order valence-corrected chi connectivity index (χ2v) is 3.00. The number of pyridine rings is 1. The fourth-order valence-corrected chi connectivity index (χ4v) is 1.10. The van der Waals surface area contributed by atoms with Gasteiger partial charge in [-0.3, -0.25) is 14.9 Å². The molecule has 0 aliphatic carbocycles. The van der Waals surface area contributed by atoms with Gasteiger partial charge >= 0.3 is 12.1 Å². The summed E-state index contributed by atoms with van der Waals surface area (Å²) in [7, 11) is 0. The molecule has 0 radical (unpaired) electrons. The maximum Gasteiger partial charge on any atom is 0.440 e. The number of carbonyl (C=O) groups is 1. The minimum absolute atomic E-state index is 0.393. The number of halogens is 3. The number of nitrogens with zero attached hydrogens (tertiary/aromatic N) is 2. The van der Waals surface area contributed by atoms with Crippen LogP contribution in [0.1, 0.15) is 11.4 Å². The van der Waals surface area contributed by atoms with Gasteiger partial charge in [-0.2, -0.15) is 13.2 Å². The van der Waals surface area contributed by atoms with Crippen LogP contribution in [-0.4, -0.2) is 21.0 Å². The Morgan fingerprint density at radius 2 is 2.06 bits per heavy atom. The Hall–Kier alpha value is -2.19. The molecule has 1 rings (SSSR count). The summed E-state index contributed by atoms with van der Waals surface area (Å²) in [5, 5.41) is 18.7. The lowest BCUT2D eigenvalue weighted by Gasteiger charge is -2.07. The number of rotatable bonds is 3. The van der Waals surface area contributed by atoms with E-state index in [2.05, 4.69) is 4.98 Å². The topological polar surface area (TPSA) is 93.3 Å². The standard InChI is InChI=1S/C8H5F3N2O4/c9-8(10,11)7-5(13(16)17)2-1-4(12-7)3-6(14)15/h1-2H,3H2,(H,14,15). The Labute approximate surface area is 91.9 Å². The third-order valence-electron chi connectivity index (χ3n) is 1.73. The first-order chi connectivity index (χ1) is 7.71. The molecule has 1 heterocycles. The van der Waals surface area contributed by atoms with Crippen LogP contribution < -0.4 is 0 Å². The highest BCUT2D eigenvalue weighted by Gasteiger charge is 2.40. The third kappa shape index (κ3) is 3.13. The third-order valence-corrected chi connectivity index (χ3v) is 1.73. The van der Waals surface area contributed by atoms with Crippen LogP contribution >= 0.6 is 0 Å². The molecule has 0 unspecified atom stereocenters.